The van der Waals surface area contributed by atoms with Gasteiger partial charge in [-0.2, -0.15) is 12.8 Å². The first-order valence-electron chi connectivity index (χ1n) is 8.36. The highest BCUT2D eigenvalue weighted by molar-refractivity contribution is 7.90. The van der Waals surface area contributed by atoms with Crippen LogP contribution >= 0.6 is 0 Å². The van der Waals surface area contributed by atoms with Crippen molar-refractivity contribution in [1.29, 1.82) is 0 Å². The molecular formula is C22H18N2O2S. The van der Waals surface area contributed by atoms with Crippen molar-refractivity contribution >= 4 is 21.8 Å². The zero-order valence-corrected chi connectivity index (χ0v) is 15.3. The molecule has 134 valence electrons. The first-order valence-corrected chi connectivity index (χ1v) is 9.80. The lowest BCUT2D eigenvalue weighted by Gasteiger charge is -2.03. The minimum absolute atomic E-state index is 0.0772. The molecule has 1 heterocycles. The Bertz CT molecular complexity index is 1060. The van der Waals surface area contributed by atoms with Gasteiger partial charge in [0.2, 0.25) is 0 Å². The summed E-state index contributed by atoms with van der Waals surface area (Å²) in [6, 6.07) is 23.7. The number of nitrogens with zero attached hydrogens (tertiary/aromatic N) is 2. The predicted octanol–water partition coefficient (Wildman–Crippen LogP) is 4.53. The Morgan fingerprint density at radius 3 is 2.15 bits per heavy atom. The van der Waals surface area contributed by atoms with Crippen LogP contribution in [0.3, 0.4) is 0 Å². The van der Waals surface area contributed by atoms with Crippen molar-refractivity contribution in [1.82, 2.24) is 4.98 Å². The number of hydrogen-bond acceptors (Lipinski definition) is 3. The summed E-state index contributed by atoms with van der Waals surface area (Å²) in [5.41, 5.74) is 2.11. The predicted molar refractivity (Wildman–Crippen MR) is 109 cm³/mol. The second-order valence-electron chi connectivity index (χ2n) is 5.61. The second kappa shape index (κ2) is 8.87. The molecular weight excluding hydrogens is 356 g/mol. The number of rotatable bonds is 6. The molecule has 0 aliphatic heterocycles. The highest BCUT2D eigenvalue weighted by Gasteiger charge is 2.15. The molecule has 2 aromatic carbocycles. The summed E-state index contributed by atoms with van der Waals surface area (Å²) in [7, 11) is -3.90. The fraction of sp³-hybridized carbons (Fsp3) is 0. The molecule has 0 fully saturated rings. The van der Waals surface area contributed by atoms with E-state index in [1.54, 1.807) is 24.3 Å². The number of pyridine rings is 1. The molecule has 0 saturated heterocycles. The average Bonchev–Trinajstić information content (AvgIpc) is 2.72. The smallest absolute Gasteiger partial charge is 0.243 e. The third-order valence-corrected chi connectivity index (χ3v) is 4.85. The molecule has 0 N–H and O–H groups in total. The van der Waals surface area contributed by atoms with E-state index >= 15 is 0 Å². The molecule has 0 bridgehead atoms. The van der Waals surface area contributed by atoms with Gasteiger partial charge in [-0.1, -0.05) is 85.0 Å². The van der Waals surface area contributed by atoms with E-state index in [4.69, 9.17) is 0 Å². The van der Waals surface area contributed by atoms with Gasteiger partial charge >= 0.3 is 0 Å². The monoisotopic (exact) mass is 374 g/mol. The van der Waals surface area contributed by atoms with Crippen LogP contribution < -0.4 is 0 Å². The summed E-state index contributed by atoms with van der Waals surface area (Å²) in [4.78, 5) is 3.90. The SMILES string of the molecule is O=S(=O)(/N=C(/C=C/C=C/c1ccccc1)c1ccccc1)c1ccccn1. The highest BCUT2D eigenvalue weighted by atomic mass is 32.2. The van der Waals surface area contributed by atoms with Crippen molar-refractivity contribution in [3.8, 4) is 0 Å². The van der Waals surface area contributed by atoms with Crippen molar-refractivity contribution in [2.75, 3.05) is 0 Å². The van der Waals surface area contributed by atoms with Crippen molar-refractivity contribution in [3.05, 3.63) is 114 Å². The fourth-order valence-corrected chi connectivity index (χ4v) is 3.31. The maximum absolute atomic E-state index is 12.6. The molecule has 0 unspecified atom stereocenters. The van der Waals surface area contributed by atoms with Gasteiger partial charge in [0.15, 0.2) is 5.03 Å². The zero-order chi connectivity index (χ0) is 19.0. The lowest BCUT2D eigenvalue weighted by Crippen LogP contribution is -2.05. The number of benzene rings is 2. The van der Waals surface area contributed by atoms with Crippen LogP contribution in [-0.4, -0.2) is 19.1 Å². The zero-order valence-electron chi connectivity index (χ0n) is 14.5. The fourth-order valence-electron chi connectivity index (χ4n) is 2.34. The lowest BCUT2D eigenvalue weighted by molar-refractivity contribution is 0.594. The summed E-state index contributed by atoms with van der Waals surface area (Å²) in [6.07, 6.45) is 8.67. The number of sulfonamides is 1. The Kier molecular flexibility index (Phi) is 6.07. The minimum atomic E-state index is -3.90. The standard InChI is InChI=1S/C22H18N2O2S/c25-27(26,22-17-9-10-18-23-22)24-21(20-14-5-2-6-15-20)16-8-7-13-19-11-3-1-4-12-19/h1-18H/b13-7+,16-8+,24-21-. The van der Waals surface area contributed by atoms with Crippen LogP contribution in [0.1, 0.15) is 11.1 Å². The van der Waals surface area contributed by atoms with Gasteiger partial charge < -0.3 is 0 Å². The van der Waals surface area contributed by atoms with Gasteiger partial charge in [-0.15, -0.1) is 0 Å². The van der Waals surface area contributed by atoms with E-state index in [0.717, 1.165) is 5.56 Å². The molecule has 1 aromatic heterocycles. The van der Waals surface area contributed by atoms with Crippen molar-refractivity contribution in [2.45, 2.75) is 5.03 Å². The second-order valence-corrected chi connectivity index (χ2v) is 7.17. The number of aromatic nitrogens is 1. The molecule has 27 heavy (non-hydrogen) atoms. The van der Waals surface area contributed by atoms with Gasteiger partial charge in [0.05, 0.1) is 5.71 Å². The molecule has 0 aliphatic rings. The molecule has 3 rings (SSSR count). The van der Waals surface area contributed by atoms with Gasteiger partial charge in [-0.3, -0.25) is 0 Å². The normalized spacial score (nSPS) is 12.7. The third-order valence-electron chi connectivity index (χ3n) is 3.64. The lowest BCUT2D eigenvalue weighted by atomic mass is 10.1. The Morgan fingerprint density at radius 1 is 0.815 bits per heavy atom. The van der Waals surface area contributed by atoms with E-state index in [2.05, 4.69) is 9.38 Å². The largest absolute Gasteiger partial charge is 0.300 e. The van der Waals surface area contributed by atoms with Crippen molar-refractivity contribution < 1.29 is 8.42 Å². The molecule has 4 nitrogen and oxygen atoms in total. The Hall–Kier alpha value is -3.31. The topological polar surface area (TPSA) is 59.4 Å². The Labute approximate surface area is 159 Å². The van der Waals surface area contributed by atoms with E-state index in [1.165, 1.54) is 12.3 Å². The van der Waals surface area contributed by atoms with Gasteiger partial charge in [0, 0.05) is 11.8 Å². The van der Waals surface area contributed by atoms with Gasteiger partial charge in [0.25, 0.3) is 10.0 Å². The molecule has 0 amide bonds. The van der Waals surface area contributed by atoms with Crippen LogP contribution in [0.15, 0.2) is 113 Å². The van der Waals surface area contributed by atoms with E-state index in [1.807, 2.05) is 72.8 Å². The van der Waals surface area contributed by atoms with Crippen LogP contribution in [0.2, 0.25) is 0 Å². The van der Waals surface area contributed by atoms with E-state index in [9.17, 15) is 8.42 Å². The maximum atomic E-state index is 12.6. The molecule has 0 spiro atoms. The van der Waals surface area contributed by atoms with Gasteiger partial charge in [-0.05, 0) is 23.8 Å². The van der Waals surface area contributed by atoms with Crippen molar-refractivity contribution in [3.63, 3.8) is 0 Å². The van der Waals surface area contributed by atoms with Crippen molar-refractivity contribution in [2.24, 2.45) is 4.40 Å². The molecule has 0 aliphatic carbocycles. The summed E-state index contributed by atoms with van der Waals surface area (Å²) in [5, 5.41) is -0.0772. The number of allylic oxidation sites excluding steroid dienone is 3. The summed E-state index contributed by atoms with van der Waals surface area (Å²) in [6.45, 7) is 0. The Morgan fingerprint density at radius 2 is 1.48 bits per heavy atom. The van der Waals surface area contributed by atoms with E-state index < -0.39 is 10.0 Å². The van der Waals surface area contributed by atoms with Gasteiger partial charge in [-0.25, -0.2) is 4.98 Å². The van der Waals surface area contributed by atoms with Crippen LogP contribution in [0.4, 0.5) is 0 Å². The van der Waals surface area contributed by atoms with Gasteiger partial charge in [0.1, 0.15) is 0 Å². The van der Waals surface area contributed by atoms with Crippen LogP contribution in [0.25, 0.3) is 6.08 Å². The summed E-state index contributed by atoms with van der Waals surface area (Å²) in [5.74, 6) is 0. The quantitative estimate of drug-likeness (QED) is 0.470. The molecule has 3 aromatic rings. The minimum Gasteiger partial charge on any atom is -0.243 e. The summed E-state index contributed by atoms with van der Waals surface area (Å²) < 4.78 is 29.1. The third kappa shape index (κ3) is 5.33. The van der Waals surface area contributed by atoms with Crippen LogP contribution in [0.5, 0.6) is 0 Å². The molecule has 5 heteroatoms. The van der Waals surface area contributed by atoms with Crippen LogP contribution in [-0.2, 0) is 10.0 Å². The first-order chi connectivity index (χ1) is 13.1. The summed E-state index contributed by atoms with van der Waals surface area (Å²) >= 11 is 0. The molecule has 0 radical (unpaired) electrons. The first kappa shape index (κ1) is 18.5. The Balaban J connectivity index is 1.93. The maximum Gasteiger partial charge on any atom is 0.300 e. The van der Waals surface area contributed by atoms with E-state index in [0.29, 0.717) is 11.3 Å². The highest BCUT2D eigenvalue weighted by Crippen LogP contribution is 2.12. The average molecular weight is 374 g/mol. The molecule has 0 saturated carbocycles. The number of hydrogen-bond donors (Lipinski definition) is 0. The molecule has 0 atom stereocenters. The van der Waals surface area contributed by atoms with E-state index in [-0.39, 0.29) is 5.03 Å². The van der Waals surface area contributed by atoms with Crippen LogP contribution in [0, 0.1) is 0 Å².